The van der Waals surface area contributed by atoms with E-state index in [2.05, 4.69) is 5.32 Å². The van der Waals surface area contributed by atoms with Crippen molar-refractivity contribution in [3.8, 4) is 11.1 Å². The molecular formula is C25H28F6N2O2. The molecule has 1 fully saturated rings. The number of halogens is 6. The number of nitrogens with zero attached hydrogens (tertiary/aromatic N) is 1. The Bertz CT molecular complexity index is 1010. The van der Waals surface area contributed by atoms with Gasteiger partial charge in [-0.1, -0.05) is 18.2 Å². The summed E-state index contributed by atoms with van der Waals surface area (Å²) >= 11 is 0. The van der Waals surface area contributed by atoms with Crippen molar-refractivity contribution in [2.45, 2.75) is 64.2 Å². The van der Waals surface area contributed by atoms with Crippen molar-refractivity contribution in [2.24, 2.45) is 0 Å². The Labute approximate surface area is 200 Å². The normalized spacial score (nSPS) is 17.1. The fraction of sp³-hybridized carbons (Fsp3) is 0.480. The van der Waals surface area contributed by atoms with Gasteiger partial charge >= 0.3 is 18.4 Å². The highest BCUT2D eigenvalue weighted by Crippen LogP contribution is 2.38. The minimum atomic E-state index is -4.91. The maximum absolute atomic E-state index is 13.2. The summed E-state index contributed by atoms with van der Waals surface area (Å²) < 4.78 is 84.7. The van der Waals surface area contributed by atoms with E-state index in [0.717, 1.165) is 25.0 Å². The van der Waals surface area contributed by atoms with Crippen molar-refractivity contribution in [1.29, 1.82) is 0 Å². The third kappa shape index (κ3) is 7.37. The second kappa shape index (κ2) is 10.1. The van der Waals surface area contributed by atoms with E-state index in [0.29, 0.717) is 25.2 Å². The molecule has 1 heterocycles. The van der Waals surface area contributed by atoms with Gasteiger partial charge in [0.05, 0.1) is 11.1 Å². The van der Waals surface area contributed by atoms with Crippen LogP contribution in [0.3, 0.4) is 0 Å². The molecule has 0 radical (unpaired) electrons. The molecule has 0 bridgehead atoms. The average molecular weight is 502 g/mol. The lowest BCUT2D eigenvalue weighted by atomic mass is 9.98. The Morgan fingerprint density at radius 3 is 2.17 bits per heavy atom. The van der Waals surface area contributed by atoms with E-state index >= 15 is 0 Å². The monoisotopic (exact) mass is 502 g/mol. The summed E-state index contributed by atoms with van der Waals surface area (Å²) in [5.41, 5.74) is -2.54. The van der Waals surface area contributed by atoms with Gasteiger partial charge in [-0.15, -0.1) is 0 Å². The van der Waals surface area contributed by atoms with Crippen molar-refractivity contribution >= 4 is 6.09 Å². The second-order valence-electron chi connectivity index (χ2n) is 9.60. The number of alkyl halides is 6. The molecular weight excluding hydrogens is 474 g/mol. The molecule has 1 atom stereocenters. The summed E-state index contributed by atoms with van der Waals surface area (Å²) in [6, 6.07) is 7.84. The van der Waals surface area contributed by atoms with Gasteiger partial charge in [0.1, 0.15) is 5.60 Å². The van der Waals surface area contributed by atoms with Gasteiger partial charge in [0.25, 0.3) is 0 Å². The molecule has 2 aromatic carbocycles. The molecule has 0 saturated carbocycles. The summed E-state index contributed by atoms with van der Waals surface area (Å²) in [7, 11) is 0. The predicted octanol–water partition coefficient (Wildman–Crippen LogP) is 6.88. The number of hydrogen-bond donors (Lipinski definition) is 1. The third-order valence-corrected chi connectivity index (χ3v) is 5.56. The Morgan fingerprint density at radius 2 is 1.60 bits per heavy atom. The minimum Gasteiger partial charge on any atom is -0.444 e. The summed E-state index contributed by atoms with van der Waals surface area (Å²) in [6.07, 6.45) is -8.55. The van der Waals surface area contributed by atoms with Crippen LogP contribution in [0.4, 0.5) is 31.1 Å². The highest BCUT2D eigenvalue weighted by molar-refractivity contribution is 5.69. The molecule has 3 rings (SSSR count). The van der Waals surface area contributed by atoms with Gasteiger partial charge in [0.15, 0.2) is 0 Å². The van der Waals surface area contributed by atoms with Crippen LogP contribution in [0, 0.1) is 0 Å². The molecule has 192 valence electrons. The predicted molar refractivity (Wildman–Crippen MR) is 120 cm³/mol. The molecule has 1 saturated heterocycles. The number of hydrogen-bond acceptors (Lipinski definition) is 3. The Morgan fingerprint density at radius 1 is 0.971 bits per heavy atom. The summed E-state index contributed by atoms with van der Waals surface area (Å²) in [4.78, 5) is 14.1. The zero-order valence-corrected chi connectivity index (χ0v) is 19.7. The van der Waals surface area contributed by atoms with Crippen molar-refractivity contribution < 1.29 is 35.9 Å². The van der Waals surface area contributed by atoms with E-state index in [1.807, 2.05) is 0 Å². The molecule has 4 nitrogen and oxygen atoms in total. The van der Waals surface area contributed by atoms with Crippen LogP contribution in [0.1, 0.15) is 50.3 Å². The van der Waals surface area contributed by atoms with Gasteiger partial charge in [0, 0.05) is 25.7 Å². The molecule has 1 N–H and O–H groups in total. The lowest BCUT2D eigenvalue weighted by Gasteiger charge is -2.28. The Hall–Kier alpha value is -2.75. The van der Waals surface area contributed by atoms with Crippen LogP contribution < -0.4 is 5.32 Å². The molecule has 2 aromatic rings. The number of carbonyl (C=O) groups excluding carboxylic acids is 1. The van der Waals surface area contributed by atoms with Crippen LogP contribution in [0.2, 0.25) is 0 Å². The van der Waals surface area contributed by atoms with Crippen LogP contribution in [-0.4, -0.2) is 35.7 Å². The smallest absolute Gasteiger partial charge is 0.416 e. The molecule has 1 amide bonds. The van der Waals surface area contributed by atoms with E-state index in [9.17, 15) is 31.1 Å². The SMILES string of the molecule is CC(C)(C)OC(=O)N1CCCC1CNCc1cccc(-c2cc(C(F)(F)F)cc(C(F)(F)F)c2)c1. The van der Waals surface area contributed by atoms with E-state index in [1.165, 1.54) is 6.07 Å². The highest BCUT2D eigenvalue weighted by atomic mass is 19.4. The van der Waals surface area contributed by atoms with E-state index in [4.69, 9.17) is 4.74 Å². The van der Waals surface area contributed by atoms with Crippen molar-refractivity contribution in [3.63, 3.8) is 0 Å². The van der Waals surface area contributed by atoms with Crippen molar-refractivity contribution in [3.05, 3.63) is 59.2 Å². The van der Waals surface area contributed by atoms with E-state index in [-0.39, 0.29) is 29.3 Å². The molecule has 1 aliphatic heterocycles. The third-order valence-electron chi connectivity index (χ3n) is 5.56. The quantitative estimate of drug-likeness (QED) is 0.453. The number of carbonyl (C=O) groups is 1. The zero-order chi connectivity index (χ0) is 26.0. The Balaban J connectivity index is 1.72. The molecule has 35 heavy (non-hydrogen) atoms. The van der Waals surface area contributed by atoms with Gasteiger partial charge in [0.2, 0.25) is 0 Å². The van der Waals surface area contributed by atoms with Crippen LogP contribution >= 0.6 is 0 Å². The Kier molecular flexibility index (Phi) is 7.74. The lowest BCUT2D eigenvalue weighted by Crippen LogP contribution is -2.44. The first-order valence-electron chi connectivity index (χ1n) is 11.2. The van der Waals surface area contributed by atoms with Gasteiger partial charge in [-0.3, -0.25) is 0 Å². The highest BCUT2D eigenvalue weighted by Gasteiger charge is 2.37. The summed E-state index contributed by atoms with van der Waals surface area (Å²) in [5, 5.41) is 3.23. The average Bonchev–Trinajstić information content (AvgIpc) is 3.20. The number of likely N-dealkylation sites (tertiary alicyclic amines) is 1. The van der Waals surface area contributed by atoms with E-state index < -0.39 is 29.1 Å². The van der Waals surface area contributed by atoms with Gasteiger partial charge in [-0.25, -0.2) is 4.79 Å². The number of rotatable bonds is 5. The fourth-order valence-corrected chi connectivity index (χ4v) is 3.97. The van der Waals surface area contributed by atoms with Crippen LogP contribution in [0.15, 0.2) is 42.5 Å². The molecule has 0 aliphatic carbocycles. The molecule has 10 heteroatoms. The zero-order valence-electron chi connectivity index (χ0n) is 19.7. The van der Waals surface area contributed by atoms with Gasteiger partial charge < -0.3 is 15.0 Å². The standard InChI is InChI=1S/C25H28F6N2O2/c1-23(2,3)35-22(34)33-9-5-8-21(33)15-32-14-16-6-4-7-17(10-16)18-11-19(24(26,27)28)13-20(12-18)25(29,30)31/h4,6-7,10-13,21,32H,5,8-9,14-15H2,1-3H3. The first-order chi connectivity index (χ1) is 16.1. The van der Waals surface area contributed by atoms with Gasteiger partial charge in [-0.2, -0.15) is 26.3 Å². The number of amides is 1. The van der Waals surface area contributed by atoms with Crippen molar-refractivity contribution in [1.82, 2.24) is 10.2 Å². The van der Waals surface area contributed by atoms with Crippen LogP contribution in [0.5, 0.6) is 0 Å². The fourth-order valence-electron chi connectivity index (χ4n) is 3.97. The first kappa shape index (κ1) is 26.8. The van der Waals surface area contributed by atoms with Crippen molar-refractivity contribution in [2.75, 3.05) is 13.1 Å². The molecule has 1 unspecified atom stereocenters. The topological polar surface area (TPSA) is 41.6 Å². The lowest BCUT2D eigenvalue weighted by molar-refractivity contribution is -0.143. The number of benzene rings is 2. The first-order valence-corrected chi connectivity index (χ1v) is 11.2. The molecule has 0 aromatic heterocycles. The summed E-state index contributed by atoms with van der Waals surface area (Å²) in [6.45, 7) is 6.78. The van der Waals surface area contributed by atoms with Crippen LogP contribution in [-0.2, 0) is 23.6 Å². The molecule has 1 aliphatic rings. The minimum absolute atomic E-state index is 0.0640. The van der Waals surface area contributed by atoms with E-state index in [1.54, 1.807) is 43.9 Å². The number of ether oxygens (including phenoxy) is 1. The van der Waals surface area contributed by atoms with Crippen LogP contribution in [0.25, 0.3) is 11.1 Å². The maximum atomic E-state index is 13.2. The summed E-state index contributed by atoms with van der Waals surface area (Å²) in [5.74, 6) is 0. The maximum Gasteiger partial charge on any atom is 0.416 e. The largest absolute Gasteiger partial charge is 0.444 e. The van der Waals surface area contributed by atoms with Gasteiger partial charge in [-0.05, 0) is 74.6 Å². The second-order valence-corrected chi connectivity index (χ2v) is 9.60. The number of nitrogens with one attached hydrogen (secondary N) is 1. The molecule has 0 spiro atoms.